The number of benzene rings is 1. The molecule has 0 aliphatic carbocycles. The Balaban J connectivity index is 0.00000312. The number of carbonyl (C=O) groups excluding carboxylic acids is 1. The first kappa shape index (κ1) is 21.1. The smallest absolute Gasteiger partial charge is 0.246 e. The first-order chi connectivity index (χ1) is 11.3. The Morgan fingerprint density at radius 2 is 2.08 bits per heavy atom. The third-order valence-corrected chi connectivity index (χ3v) is 4.62. The molecule has 0 bridgehead atoms. The number of amides is 1. The van der Waals surface area contributed by atoms with Crippen LogP contribution in [0.4, 0.5) is 5.69 Å². The molecule has 1 amide bonds. The van der Waals surface area contributed by atoms with Crippen molar-refractivity contribution < 1.29 is 13.2 Å². The van der Waals surface area contributed by atoms with E-state index in [1.165, 1.54) is 6.07 Å². The van der Waals surface area contributed by atoms with Crippen molar-refractivity contribution in [1.82, 2.24) is 15.1 Å². The van der Waals surface area contributed by atoms with Crippen molar-refractivity contribution in [2.75, 3.05) is 12.4 Å². The fourth-order valence-electron chi connectivity index (χ4n) is 2.44. The van der Waals surface area contributed by atoms with Crippen LogP contribution in [0.5, 0.6) is 0 Å². The summed E-state index contributed by atoms with van der Waals surface area (Å²) in [5.74, 6) is -0.324. The molecule has 1 heterocycles. The van der Waals surface area contributed by atoms with Crippen LogP contribution in [0.3, 0.4) is 0 Å². The Kier molecular flexibility index (Phi) is 7.12. The second-order valence-corrected chi connectivity index (χ2v) is 6.91. The number of anilines is 1. The number of aromatic nitrogens is 2. The van der Waals surface area contributed by atoms with E-state index in [1.807, 2.05) is 6.92 Å². The van der Waals surface area contributed by atoms with E-state index in [0.29, 0.717) is 23.2 Å². The zero-order valence-electron chi connectivity index (χ0n) is 14.2. The normalized spacial score (nSPS) is 12.3. The number of nitrogens with two attached hydrogens (primary N) is 1. The molecule has 0 aliphatic rings. The predicted molar refractivity (Wildman–Crippen MR) is 98.1 cm³/mol. The second kappa shape index (κ2) is 8.43. The minimum absolute atomic E-state index is 0. The average Bonchev–Trinajstić information content (AvgIpc) is 2.93. The summed E-state index contributed by atoms with van der Waals surface area (Å²) in [5, 5.41) is 14.9. The molecule has 8 nitrogen and oxygen atoms in total. The van der Waals surface area contributed by atoms with Crippen LogP contribution in [0.25, 0.3) is 0 Å². The Morgan fingerprint density at radius 3 is 2.56 bits per heavy atom. The van der Waals surface area contributed by atoms with Crippen LogP contribution in [-0.4, -0.2) is 31.2 Å². The first-order valence-corrected chi connectivity index (χ1v) is 8.93. The maximum atomic E-state index is 12.5. The van der Waals surface area contributed by atoms with Gasteiger partial charge in [-0.1, -0.05) is 13.0 Å². The molecule has 1 unspecified atom stereocenters. The summed E-state index contributed by atoms with van der Waals surface area (Å²) in [4.78, 5) is 12.5. The lowest BCUT2D eigenvalue weighted by Gasteiger charge is -2.15. The predicted octanol–water partition coefficient (Wildman–Crippen LogP) is 0.951. The second-order valence-electron chi connectivity index (χ2n) is 5.38. The summed E-state index contributed by atoms with van der Waals surface area (Å²) in [6.45, 7) is 1.84. The number of carbonyl (C=O) groups is 1. The highest BCUT2D eigenvalue weighted by molar-refractivity contribution is 7.89. The number of halogens is 1. The molecule has 1 aromatic carbocycles. The maximum absolute atomic E-state index is 12.5. The van der Waals surface area contributed by atoms with Crippen molar-refractivity contribution in [2.24, 2.45) is 12.2 Å². The van der Waals surface area contributed by atoms with Gasteiger partial charge in [-0.15, -0.1) is 12.4 Å². The molecule has 0 radical (unpaired) electrons. The molecule has 10 heteroatoms. The summed E-state index contributed by atoms with van der Waals surface area (Å²) in [5.41, 5.74) is 1.67. The fraction of sp³-hybridized carbons (Fsp3) is 0.333. The van der Waals surface area contributed by atoms with Crippen molar-refractivity contribution in [3.05, 3.63) is 41.7 Å². The summed E-state index contributed by atoms with van der Waals surface area (Å²) in [6.07, 6.45) is 3.85. The molecule has 0 spiro atoms. The van der Waals surface area contributed by atoms with E-state index in [0.717, 1.165) is 0 Å². The number of rotatable bonds is 6. The van der Waals surface area contributed by atoms with Gasteiger partial charge in [0, 0.05) is 24.5 Å². The van der Waals surface area contributed by atoms with Crippen LogP contribution >= 0.6 is 12.4 Å². The molecule has 0 saturated carbocycles. The molecule has 1 aromatic heterocycles. The molecule has 2 rings (SSSR count). The third kappa shape index (κ3) is 5.02. The summed E-state index contributed by atoms with van der Waals surface area (Å²) in [6, 6.07) is 4.07. The van der Waals surface area contributed by atoms with Crippen molar-refractivity contribution in [2.45, 2.75) is 24.3 Å². The number of likely N-dealkylation sites (N-methyl/N-ethyl adjacent to an activating group) is 1. The maximum Gasteiger partial charge on any atom is 0.246 e. The molecule has 0 aliphatic heterocycles. The number of hydrogen-bond donors (Lipinski definition) is 3. The van der Waals surface area contributed by atoms with Crippen LogP contribution in [-0.2, 0) is 28.3 Å². The highest BCUT2D eigenvalue weighted by Gasteiger charge is 2.21. The molecule has 25 heavy (non-hydrogen) atoms. The zero-order valence-corrected chi connectivity index (χ0v) is 15.8. The van der Waals surface area contributed by atoms with E-state index in [2.05, 4.69) is 15.7 Å². The van der Waals surface area contributed by atoms with E-state index < -0.39 is 16.1 Å². The van der Waals surface area contributed by atoms with Crippen molar-refractivity contribution in [3.8, 4) is 0 Å². The van der Waals surface area contributed by atoms with Crippen molar-refractivity contribution >= 4 is 34.0 Å². The number of aryl methyl sites for hydroxylation is 2. The van der Waals surface area contributed by atoms with Gasteiger partial charge in [0.25, 0.3) is 0 Å². The summed E-state index contributed by atoms with van der Waals surface area (Å²) in [7, 11) is -0.439. The number of nitrogens with one attached hydrogen (secondary N) is 2. The average molecular weight is 388 g/mol. The Hall–Kier alpha value is -1.94. The molecule has 2 aromatic rings. The van der Waals surface area contributed by atoms with Gasteiger partial charge in [0.15, 0.2) is 0 Å². The van der Waals surface area contributed by atoms with Crippen molar-refractivity contribution in [3.63, 3.8) is 0 Å². The number of nitrogens with zero attached hydrogens (tertiary/aromatic N) is 2. The van der Waals surface area contributed by atoms with Gasteiger partial charge in [0.1, 0.15) is 6.04 Å². The number of sulfonamides is 1. The quantitative estimate of drug-likeness (QED) is 0.681. The zero-order chi connectivity index (χ0) is 17.9. The largest absolute Gasteiger partial charge is 0.324 e. The topological polar surface area (TPSA) is 119 Å². The lowest BCUT2D eigenvalue weighted by atomic mass is 10.1. The van der Waals surface area contributed by atoms with Crippen LogP contribution in [0.2, 0.25) is 0 Å². The van der Waals surface area contributed by atoms with Gasteiger partial charge in [-0.05, 0) is 31.2 Å². The van der Waals surface area contributed by atoms with Gasteiger partial charge in [0.2, 0.25) is 15.9 Å². The first-order valence-electron chi connectivity index (χ1n) is 7.38. The molecule has 0 saturated heterocycles. The molecule has 1 atom stereocenters. The fourth-order valence-corrected chi connectivity index (χ4v) is 3.31. The van der Waals surface area contributed by atoms with Crippen molar-refractivity contribution in [1.29, 1.82) is 0 Å². The van der Waals surface area contributed by atoms with Crippen LogP contribution in [0, 0.1) is 0 Å². The van der Waals surface area contributed by atoms with E-state index in [1.54, 1.807) is 43.3 Å². The molecular formula is C15H22ClN5O3S. The van der Waals surface area contributed by atoms with E-state index in [-0.39, 0.29) is 23.2 Å². The van der Waals surface area contributed by atoms with Gasteiger partial charge in [-0.2, -0.15) is 5.10 Å². The van der Waals surface area contributed by atoms with Gasteiger partial charge in [-0.3, -0.25) is 9.48 Å². The SMILES string of the molecule is CCc1ccc(NC(=O)C(NC)c2cnn(C)c2)cc1S(N)(=O)=O.Cl. The molecule has 0 fully saturated rings. The Bertz CT molecular complexity index is 851. The number of primary sulfonamides is 1. The van der Waals surface area contributed by atoms with Gasteiger partial charge < -0.3 is 10.6 Å². The minimum atomic E-state index is -3.86. The van der Waals surface area contributed by atoms with Gasteiger partial charge in [-0.25, -0.2) is 13.6 Å². The van der Waals surface area contributed by atoms with E-state index in [4.69, 9.17) is 5.14 Å². The minimum Gasteiger partial charge on any atom is -0.324 e. The summed E-state index contributed by atoms with van der Waals surface area (Å²) < 4.78 is 25.0. The van der Waals surface area contributed by atoms with Gasteiger partial charge in [0.05, 0.1) is 11.1 Å². The highest BCUT2D eigenvalue weighted by atomic mass is 35.5. The van der Waals surface area contributed by atoms with Crippen LogP contribution in [0.1, 0.15) is 24.1 Å². The molecule has 4 N–H and O–H groups in total. The van der Waals surface area contributed by atoms with E-state index in [9.17, 15) is 13.2 Å². The summed E-state index contributed by atoms with van der Waals surface area (Å²) >= 11 is 0. The highest BCUT2D eigenvalue weighted by Crippen LogP contribution is 2.22. The Morgan fingerprint density at radius 1 is 1.40 bits per heavy atom. The van der Waals surface area contributed by atoms with Gasteiger partial charge >= 0.3 is 0 Å². The molecule has 138 valence electrons. The van der Waals surface area contributed by atoms with Crippen LogP contribution < -0.4 is 15.8 Å². The monoisotopic (exact) mass is 387 g/mol. The lowest BCUT2D eigenvalue weighted by molar-refractivity contribution is -0.118. The van der Waals surface area contributed by atoms with E-state index >= 15 is 0 Å². The third-order valence-electron chi connectivity index (χ3n) is 3.63. The molecular weight excluding hydrogens is 366 g/mol. The standard InChI is InChI=1S/C15H21N5O3S.ClH/c1-4-10-5-6-12(7-13(10)24(16,22)23)19-15(21)14(17-2)11-8-18-20(3)9-11;/h5-9,14,17H,4H2,1-3H3,(H,19,21)(H2,16,22,23);1H. The van der Waals surface area contributed by atoms with Crippen LogP contribution in [0.15, 0.2) is 35.5 Å². The lowest BCUT2D eigenvalue weighted by Crippen LogP contribution is -2.30. The number of hydrogen-bond acceptors (Lipinski definition) is 5. The Labute approximate surface area is 153 Å².